The van der Waals surface area contributed by atoms with Gasteiger partial charge in [-0.05, 0) is 84.2 Å². The van der Waals surface area contributed by atoms with Gasteiger partial charge in [-0.25, -0.2) is 0 Å². The van der Waals surface area contributed by atoms with Gasteiger partial charge in [0, 0.05) is 12.8 Å². The molecule has 0 aromatic heterocycles. The van der Waals surface area contributed by atoms with Gasteiger partial charge in [-0.3, -0.25) is 4.79 Å². The first kappa shape index (κ1) is 17.0. The number of ether oxygens (including phenoxy) is 1. The number of epoxide rings is 1. The van der Waals surface area contributed by atoms with Crippen LogP contribution in [0.4, 0.5) is 0 Å². The number of carbonyl (C=O) groups is 1. The molecule has 4 aliphatic carbocycles. The van der Waals surface area contributed by atoms with Gasteiger partial charge in [0.1, 0.15) is 6.10 Å². The molecule has 0 aromatic carbocycles. The number of rotatable bonds is 2. The largest absolute Gasteiger partial charge is 0.365 e. The number of carbonyl (C=O) groups excluding carboxylic acids is 1. The Hall–Kier alpha value is -1.14. The van der Waals surface area contributed by atoms with Crippen molar-refractivity contribution in [2.24, 2.45) is 40.4 Å². The van der Waals surface area contributed by atoms with Crippen molar-refractivity contribution in [3.05, 3.63) is 11.6 Å². The molecule has 26 heavy (non-hydrogen) atoms. The molecule has 0 spiro atoms. The second-order valence-corrected chi connectivity index (χ2v) is 10.4. The molecule has 0 N–H and O–H groups in total. The summed E-state index contributed by atoms with van der Waals surface area (Å²) in [7, 11) is 0. The van der Waals surface area contributed by atoms with Gasteiger partial charge in [0.25, 0.3) is 0 Å². The van der Waals surface area contributed by atoms with Crippen LogP contribution >= 0.6 is 0 Å². The maximum Gasteiger partial charge on any atom is 0.155 e. The molecule has 1 heterocycles. The average molecular weight is 354 g/mol. The van der Waals surface area contributed by atoms with Crippen molar-refractivity contribution in [1.29, 1.82) is 5.26 Å². The fraction of sp³-hybridized carbons (Fsp3) is 0.826. The number of nitriles is 1. The Morgan fingerprint density at radius 1 is 1.27 bits per heavy atom. The summed E-state index contributed by atoms with van der Waals surface area (Å²) >= 11 is 0. The van der Waals surface area contributed by atoms with Crippen LogP contribution in [-0.4, -0.2) is 18.0 Å². The summed E-state index contributed by atoms with van der Waals surface area (Å²) in [6, 6.07) is 2.41. The maximum atomic E-state index is 12.0. The molecule has 1 saturated heterocycles. The van der Waals surface area contributed by atoms with Crippen molar-refractivity contribution in [1.82, 2.24) is 0 Å². The van der Waals surface area contributed by atoms with E-state index in [1.807, 2.05) is 6.08 Å². The third-order valence-electron chi connectivity index (χ3n) is 9.40. The number of ketones is 1. The first-order valence-corrected chi connectivity index (χ1v) is 10.7. The summed E-state index contributed by atoms with van der Waals surface area (Å²) in [6.45, 7) is 7.24. The van der Waals surface area contributed by atoms with Crippen molar-refractivity contribution < 1.29 is 9.53 Å². The van der Waals surface area contributed by atoms with Crippen LogP contribution in [0.3, 0.4) is 0 Å². The third kappa shape index (κ3) is 2.06. The normalized spacial score (nSPS) is 52.7. The molecule has 1 unspecified atom stereocenters. The van der Waals surface area contributed by atoms with E-state index >= 15 is 0 Å². The summed E-state index contributed by atoms with van der Waals surface area (Å²) in [5, 5.41) is 9.19. The minimum absolute atomic E-state index is 0.175. The third-order valence-corrected chi connectivity index (χ3v) is 9.40. The summed E-state index contributed by atoms with van der Waals surface area (Å²) in [5.41, 5.74) is 1.88. The molecule has 0 aromatic rings. The van der Waals surface area contributed by atoms with Crippen molar-refractivity contribution in [2.75, 3.05) is 0 Å². The molecule has 1 aliphatic heterocycles. The monoisotopic (exact) mass is 353 g/mol. The van der Waals surface area contributed by atoms with Crippen LogP contribution in [-0.2, 0) is 9.53 Å². The summed E-state index contributed by atoms with van der Waals surface area (Å²) in [5.74, 6) is 3.56. The molecule has 3 nitrogen and oxygen atoms in total. The number of nitrogens with zero attached hydrogens (tertiary/aromatic N) is 1. The zero-order chi connectivity index (χ0) is 18.3. The highest BCUT2D eigenvalue weighted by Gasteiger charge is 2.69. The Morgan fingerprint density at radius 2 is 2.08 bits per heavy atom. The lowest BCUT2D eigenvalue weighted by Crippen LogP contribution is -2.53. The minimum atomic E-state index is 0.175. The first-order valence-electron chi connectivity index (χ1n) is 10.7. The van der Waals surface area contributed by atoms with Crippen molar-refractivity contribution >= 4 is 5.78 Å². The first-order chi connectivity index (χ1) is 12.4. The van der Waals surface area contributed by atoms with Gasteiger partial charge >= 0.3 is 0 Å². The molecular weight excluding hydrogens is 322 g/mol. The molecule has 5 aliphatic rings. The van der Waals surface area contributed by atoms with Gasteiger partial charge in [0.2, 0.25) is 0 Å². The summed E-state index contributed by atoms with van der Waals surface area (Å²) in [4.78, 5) is 12.0. The second kappa shape index (κ2) is 5.44. The van der Waals surface area contributed by atoms with Gasteiger partial charge < -0.3 is 4.74 Å². The smallest absolute Gasteiger partial charge is 0.155 e. The molecule has 0 amide bonds. The lowest BCUT2D eigenvalue weighted by Gasteiger charge is -2.57. The van der Waals surface area contributed by atoms with Gasteiger partial charge in [-0.1, -0.05) is 20.8 Å². The fourth-order valence-electron chi connectivity index (χ4n) is 8.07. The summed E-state index contributed by atoms with van der Waals surface area (Å²) in [6.07, 6.45) is 10.1. The Balaban J connectivity index is 1.49. The van der Waals surface area contributed by atoms with Gasteiger partial charge in [0.05, 0.1) is 12.2 Å². The SMILES string of the molecule is CC(CC#N)[C@H]1CC[C@H]2[C@@H]3[C@@H]4O[C@@H]4C4=CC(=O)CC[C@]4(C)[C@H]3CC[C@]12C. The Morgan fingerprint density at radius 3 is 2.85 bits per heavy atom. The van der Waals surface area contributed by atoms with Crippen molar-refractivity contribution in [2.45, 2.75) is 77.9 Å². The van der Waals surface area contributed by atoms with Crippen LogP contribution in [0.5, 0.6) is 0 Å². The van der Waals surface area contributed by atoms with Crippen LogP contribution in [0.1, 0.15) is 65.7 Å². The lowest BCUT2D eigenvalue weighted by atomic mass is 9.46. The molecule has 3 heteroatoms. The number of fused-ring (bicyclic) bond motifs is 8. The predicted molar refractivity (Wildman–Crippen MR) is 99.0 cm³/mol. The molecule has 9 atom stereocenters. The zero-order valence-corrected chi connectivity index (χ0v) is 16.3. The number of hydrogen-bond donors (Lipinski definition) is 0. The highest BCUT2D eigenvalue weighted by molar-refractivity contribution is 5.92. The predicted octanol–water partition coefficient (Wildman–Crippen LogP) is 4.67. The van der Waals surface area contributed by atoms with Crippen molar-refractivity contribution in [3.8, 4) is 6.07 Å². The molecule has 0 radical (unpaired) electrons. The van der Waals surface area contributed by atoms with Gasteiger partial charge in [-0.2, -0.15) is 5.26 Å². The molecular formula is C23H31NO2. The lowest BCUT2D eigenvalue weighted by molar-refractivity contribution is -0.117. The standard InChI is InChI=1S/C23H31NO2/c1-13(8-11-24)15-4-5-16-19-17(7-10-22(15,16)2)23(3)9-6-14(25)12-18(23)20-21(19)26-20/h12-13,15-17,19-21H,4-10H2,1-3H3/t13?,15-,16+,17+,19+,20-,21+,22-,23-/m1/s1. The van der Waals surface area contributed by atoms with E-state index in [0.717, 1.165) is 12.3 Å². The maximum absolute atomic E-state index is 12.0. The number of hydrogen-bond acceptors (Lipinski definition) is 3. The molecule has 0 bridgehead atoms. The Bertz CT molecular complexity index is 720. The van der Waals surface area contributed by atoms with E-state index in [1.54, 1.807) is 0 Å². The van der Waals surface area contributed by atoms with E-state index in [1.165, 1.54) is 31.3 Å². The zero-order valence-electron chi connectivity index (χ0n) is 16.3. The molecule has 4 fully saturated rings. The highest BCUT2D eigenvalue weighted by atomic mass is 16.6. The average Bonchev–Trinajstić information content (AvgIpc) is 3.31. The Kier molecular flexibility index (Phi) is 3.56. The van der Waals surface area contributed by atoms with Crippen LogP contribution in [0.15, 0.2) is 11.6 Å². The summed E-state index contributed by atoms with van der Waals surface area (Å²) < 4.78 is 6.25. The highest BCUT2D eigenvalue weighted by Crippen LogP contribution is 2.70. The van der Waals surface area contributed by atoms with E-state index in [4.69, 9.17) is 4.74 Å². The van der Waals surface area contributed by atoms with E-state index in [2.05, 4.69) is 26.8 Å². The molecule has 5 rings (SSSR count). The minimum Gasteiger partial charge on any atom is -0.365 e. The van der Waals surface area contributed by atoms with Gasteiger partial charge in [0.15, 0.2) is 5.78 Å². The topological polar surface area (TPSA) is 53.4 Å². The van der Waals surface area contributed by atoms with Gasteiger partial charge in [-0.15, -0.1) is 0 Å². The van der Waals surface area contributed by atoms with Crippen LogP contribution in [0, 0.1) is 51.8 Å². The van der Waals surface area contributed by atoms with E-state index in [9.17, 15) is 10.1 Å². The van der Waals surface area contributed by atoms with E-state index in [-0.39, 0.29) is 11.5 Å². The van der Waals surface area contributed by atoms with Crippen molar-refractivity contribution in [3.63, 3.8) is 0 Å². The Labute approximate surface area is 157 Å². The van der Waals surface area contributed by atoms with E-state index in [0.29, 0.717) is 53.8 Å². The quantitative estimate of drug-likeness (QED) is 0.678. The van der Waals surface area contributed by atoms with Crippen LogP contribution in [0.25, 0.3) is 0 Å². The molecule has 140 valence electrons. The van der Waals surface area contributed by atoms with Crippen LogP contribution < -0.4 is 0 Å². The second-order valence-electron chi connectivity index (χ2n) is 10.4. The molecule has 3 saturated carbocycles. The van der Waals surface area contributed by atoms with E-state index < -0.39 is 0 Å². The fourth-order valence-corrected chi connectivity index (χ4v) is 8.07. The van der Waals surface area contributed by atoms with Crippen LogP contribution in [0.2, 0.25) is 0 Å².